The maximum Gasteiger partial charge on any atom is 0.319 e. The first-order valence-corrected chi connectivity index (χ1v) is 8.07. The summed E-state index contributed by atoms with van der Waals surface area (Å²) in [7, 11) is 0. The van der Waals surface area contributed by atoms with Crippen molar-refractivity contribution < 1.29 is 4.79 Å². The highest BCUT2D eigenvalue weighted by Crippen LogP contribution is 2.28. The Hall–Kier alpha value is -1.26. The zero-order valence-electron chi connectivity index (χ0n) is 14.0. The van der Waals surface area contributed by atoms with Crippen molar-refractivity contribution in [2.24, 2.45) is 0 Å². The Kier molecular flexibility index (Phi) is 4.73. The SMILES string of the molecule is Cc1ccc(NC(=O)NC2CC(C)(C)NC(C)(C)C2)cc1Cl. The smallest absolute Gasteiger partial charge is 0.319 e. The van der Waals surface area contributed by atoms with Crippen molar-refractivity contribution in [3.05, 3.63) is 28.8 Å². The Morgan fingerprint density at radius 3 is 2.36 bits per heavy atom. The second-order valence-corrected chi connectivity index (χ2v) is 7.97. The highest BCUT2D eigenvalue weighted by molar-refractivity contribution is 6.31. The van der Waals surface area contributed by atoms with E-state index in [-0.39, 0.29) is 23.2 Å². The number of carbonyl (C=O) groups excluding carboxylic acids is 1. The molecule has 2 amide bonds. The van der Waals surface area contributed by atoms with Gasteiger partial charge in [-0.3, -0.25) is 0 Å². The lowest BCUT2D eigenvalue weighted by Gasteiger charge is -2.46. The molecule has 22 heavy (non-hydrogen) atoms. The lowest BCUT2D eigenvalue weighted by molar-refractivity contribution is 0.149. The van der Waals surface area contributed by atoms with Crippen LogP contribution in [0.25, 0.3) is 0 Å². The predicted molar refractivity (Wildman–Crippen MR) is 92.7 cm³/mol. The molecule has 0 atom stereocenters. The van der Waals surface area contributed by atoms with E-state index in [0.717, 1.165) is 18.4 Å². The van der Waals surface area contributed by atoms with Crippen molar-refractivity contribution in [1.82, 2.24) is 10.6 Å². The fraction of sp³-hybridized carbons (Fsp3) is 0.588. The third-order valence-corrected chi connectivity index (χ3v) is 4.36. The third-order valence-electron chi connectivity index (χ3n) is 3.96. The molecule has 0 bridgehead atoms. The Morgan fingerprint density at radius 2 is 1.82 bits per heavy atom. The van der Waals surface area contributed by atoms with Crippen LogP contribution < -0.4 is 16.0 Å². The number of amides is 2. The molecule has 0 aromatic heterocycles. The van der Waals surface area contributed by atoms with E-state index in [1.165, 1.54) is 0 Å². The van der Waals surface area contributed by atoms with Gasteiger partial charge in [0.15, 0.2) is 0 Å². The maximum atomic E-state index is 12.2. The summed E-state index contributed by atoms with van der Waals surface area (Å²) < 4.78 is 0. The fourth-order valence-corrected chi connectivity index (χ4v) is 3.63. The molecule has 1 aromatic rings. The molecule has 0 aliphatic carbocycles. The van der Waals surface area contributed by atoms with Crippen molar-refractivity contribution >= 4 is 23.3 Å². The van der Waals surface area contributed by atoms with Crippen molar-refractivity contribution in [1.29, 1.82) is 0 Å². The summed E-state index contributed by atoms with van der Waals surface area (Å²) in [6, 6.07) is 5.49. The normalized spacial score (nSPS) is 20.5. The van der Waals surface area contributed by atoms with E-state index < -0.39 is 0 Å². The molecule has 0 unspecified atom stereocenters. The van der Waals surface area contributed by atoms with Gasteiger partial charge in [0.1, 0.15) is 0 Å². The standard InChI is InChI=1S/C17H26ClN3O/c1-11-6-7-12(8-14(11)18)19-15(22)20-13-9-16(2,3)21-17(4,5)10-13/h6-8,13,21H,9-10H2,1-5H3,(H2,19,20,22). The Bertz CT molecular complexity index is 553. The first kappa shape index (κ1) is 17.1. The molecule has 122 valence electrons. The van der Waals surface area contributed by atoms with Crippen LogP contribution in [0.4, 0.5) is 10.5 Å². The molecule has 3 N–H and O–H groups in total. The Labute approximate surface area is 138 Å². The Balaban J connectivity index is 1.98. The molecule has 0 radical (unpaired) electrons. The summed E-state index contributed by atoms with van der Waals surface area (Å²) in [4.78, 5) is 12.2. The van der Waals surface area contributed by atoms with Crippen molar-refractivity contribution in [3.63, 3.8) is 0 Å². The number of anilines is 1. The number of hydrogen-bond acceptors (Lipinski definition) is 2. The van der Waals surface area contributed by atoms with Crippen molar-refractivity contribution in [2.45, 2.75) is 64.6 Å². The average molecular weight is 324 g/mol. The van der Waals surface area contributed by atoms with Crippen LogP contribution in [0.3, 0.4) is 0 Å². The van der Waals surface area contributed by atoms with Gasteiger partial charge >= 0.3 is 6.03 Å². The minimum Gasteiger partial charge on any atom is -0.335 e. The van der Waals surface area contributed by atoms with Crippen molar-refractivity contribution in [2.75, 3.05) is 5.32 Å². The van der Waals surface area contributed by atoms with E-state index in [1.807, 2.05) is 19.1 Å². The monoisotopic (exact) mass is 323 g/mol. The third kappa shape index (κ3) is 4.62. The zero-order chi connectivity index (χ0) is 16.5. The van der Waals surface area contributed by atoms with Crippen LogP contribution in [-0.4, -0.2) is 23.2 Å². The van der Waals surface area contributed by atoms with Gasteiger partial charge in [-0.25, -0.2) is 4.79 Å². The highest BCUT2D eigenvalue weighted by atomic mass is 35.5. The van der Waals surface area contributed by atoms with Gasteiger partial charge < -0.3 is 16.0 Å². The molecule has 1 fully saturated rings. The summed E-state index contributed by atoms with van der Waals surface area (Å²) in [5.74, 6) is 0. The van der Waals surface area contributed by atoms with E-state index in [9.17, 15) is 4.79 Å². The number of halogens is 1. The van der Waals surface area contributed by atoms with Crippen LogP contribution in [-0.2, 0) is 0 Å². The second kappa shape index (κ2) is 6.09. The number of piperidine rings is 1. The molecular weight excluding hydrogens is 298 g/mol. The molecule has 1 aromatic carbocycles. The molecule has 1 heterocycles. The summed E-state index contributed by atoms with van der Waals surface area (Å²) in [6.45, 7) is 10.6. The maximum absolute atomic E-state index is 12.2. The second-order valence-electron chi connectivity index (χ2n) is 7.56. The minimum atomic E-state index is -0.182. The summed E-state index contributed by atoms with van der Waals surface area (Å²) in [5.41, 5.74) is 1.72. The van der Waals surface area contributed by atoms with E-state index in [0.29, 0.717) is 10.7 Å². The molecule has 1 aliphatic heterocycles. The quantitative estimate of drug-likeness (QED) is 0.768. The lowest BCUT2D eigenvalue weighted by atomic mass is 9.80. The van der Waals surface area contributed by atoms with E-state index in [4.69, 9.17) is 11.6 Å². The van der Waals surface area contributed by atoms with Crippen LogP contribution >= 0.6 is 11.6 Å². The fourth-order valence-electron chi connectivity index (χ4n) is 3.45. The molecule has 4 nitrogen and oxygen atoms in total. The molecule has 2 rings (SSSR count). The first-order chi connectivity index (χ1) is 10.1. The molecule has 1 aliphatic rings. The van der Waals surface area contributed by atoms with E-state index in [1.54, 1.807) is 6.07 Å². The molecule has 0 spiro atoms. The zero-order valence-corrected chi connectivity index (χ0v) is 14.8. The van der Waals surface area contributed by atoms with Gasteiger partial charge in [0.25, 0.3) is 0 Å². The van der Waals surface area contributed by atoms with Crippen LogP contribution in [0, 0.1) is 6.92 Å². The molecule has 5 heteroatoms. The van der Waals surface area contributed by atoms with Gasteiger partial charge in [-0.1, -0.05) is 17.7 Å². The summed E-state index contributed by atoms with van der Waals surface area (Å²) in [5, 5.41) is 10.2. The number of benzene rings is 1. The van der Waals surface area contributed by atoms with Crippen LogP contribution in [0.2, 0.25) is 5.02 Å². The Morgan fingerprint density at radius 1 is 1.23 bits per heavy atom. The van der Waals surface area contributed by atoms with Gasteiger partial charge in [0.2, 0.25) is 0 Å². The first-order valence-electron chi connectivity index (χ1n) is 7.69. The number of rotatable bonds is 2. The van der Waals surface area contributed by atoms with E-state index in [2.05, 4.69) is 43.6 Å². The van der Waals surface area contributed by atoms with Gasteiger partial charge in [-0.05, 0) is 65.2 Å². The molecule has 0 saturated carbocycles. The highest BCUT2D eigenvalue weighted by Gasteiger charge is 2.38. The van der Waals surface area contributed by atoms with Crippen LogP contribution in [0.5, 0.6) is 0 Å². The molecular formula is C17H26ClN3O. The summed E-state index contributed by atoms with van der Waals surface area (Å²) >= 11 is 6.08. The lowest BCUT2D eigenvalue weighted by Crippen LogP contribution is -2.62. The summed E-state index contributed by atoms with van der Waals surface area (Å²) in [6.07, 6.45) is 1.80. The topological polar surface area (TPSA) is 53.2 Å². The van der Waals surface area contributed by atoms with Gasteiger partial charge in [0.05, 0.1) is 0 Å². The predicted octanol–water partition coefficient (Wildman–Crippen LogP) is 4.08. The van der Waals surface area contributed by atoms with E-state index >= 15 is 0 Å². The van der Waals surface area contributed by atoms with Crippen molar-refractivity contribution in [3.8, 4) is 0 Å². The van der Waals surface area contributed by atoms with Gasteiger partial charge in [-0.2, -0.15) is 0 Å². The largest absolute Gasteiger partial charge is 0.335 e. The molecule has 1 saturated heterocycles. The number of carbonyl (C=O) groups is 1. The number of hydrogen-bond donors (Lipinski definition) is 3. The average Bonchev–Trinajstić information content (AvgIpc) is 2.29. The van der Waals surface area contributed by atoms with Gasteiger partial charge in [0, 0.05) is 27.8 Å². The number of aryl methyl sites for hydroxylation is 1. The number of nitrogens with one attached hydrogen (secondary N) is 3. The van der Waals surface area contributed by atoms with Gasteiger partial charge in [-0.15, -0.1) is 0 Å². The van der Waals surface area contributed by atoms with Crippen LogP contribution in [0.15, 0.2) is 18.2 Å². The van der Waals surface area contributed by atoms with Crippen LogP contribution in [0.1, 0.15) is 46.1 Å². The minimum absolute atomic E-state index is 0.00681. The number of urea groups is 1.